The molecule has 0 bridgehead atoms. The van der Waals surface area contributed by atoms with Crippen LogP contribution in [-0.4, -0.2) is 43.0 Å². The third kappa shape index (κ3) is 3.60. The SMILES string of the molecule is O=C(c1ccccc1[N+](=O)[O-])N1CCC(c2ccccc2)S(=O)(=O)CC1. The Morgan fingerprint density at radius 2 is 1.69 bits per heavy atom. The van der Waals surface area contributed by atoms with Crippen LogP contribution in [0.1, 0.15) is 27.6 Å². The molecule has 1 aliphatic rings. The summed E-state index contributed by atoms with van der Waals surface area (Å²) in [5, 5.41) is 10.5. The molecule has 1 atom stereocenters. The molecular formula is C18H18N2O5S. The van der Waals surface area contributed by atoms with Gasteiger partial charge in [-0.2, -0.15) is 0 Å². The molecule has 2 aromatic rings. The molecule has 26 heavy (non-hydrogen) atoms. The van der Waals surface area contributed by atoms with E-state index in [1.54, 1.807) is 30.3 Å². The highest BCUT2D eigenvalue weighted by Crippen LogP contribution is 2.30. The van der Waals surface area contributed by atoms with Crippen molar-refractivity contribution in [2.75, 3.05) is 18.8 Å². The van der Waals surface area contributed by atoms with E-state index in [0.717, 1.165) is 0 Å². The molecule has 7 nitrogen and oxygen atoms in total. The van der Waals surface area contributed by atoms with E-state index in [1.807, 2.05) is 6.07 Å². The number of nitrogens with zero attached hydrogens (tertiary/aromatic N) is 2. The quantitative estimate of drug-likeness (QED) is 0.607. The van der Waals surface area contributed by atoms with Crippen molar-refractivity contribution in [3.63, 3.8) is 0 Å². The molecule has 0 N–H and O–H groups in total. The number of sulfone groups is 1. The first-order valence-electron chi connectivity index (χ1n) is 8.19. The highest BCUT2D eigenvalue weighted by Gasteiger charge is 2.34. The molecule has 136 valence electrons. The van der Waals surface area contributed by atoms with E-state index in [2.05, 4.69) is 0 Å². The van der Waals surface area contributed by atoms with Crippen LogP contribution in [0.5, 0.6) is 0 Å². The van der Waals surface area contributed by atoms with Crippen molar-refractivity contribution >= 4 is 21.4 Å². The van der Waals surface area contributed by atoms with Crippen molar-refractivity contribution in [3.8, 4) is 0 Å². The first-order valence-corrected chi connectivity index (χ1v) is 9.91. The van der Waals surface area contributed by atoms with Gasteiger partial charge in [0.2, 0.25) is 0 Å². The smallest absolute Gasteiger partial charge is 0.282 e. The number of hydrogen-bond acceptors (Lipinski definition) is 5. The molecule has 0 aliphatic carbocycles. The minimum absolute atomic E-state index is 0.0203. The first kappa shape index (κ1) is 18.1. The summed E-state index contributed by atoms with van der Waals surface area (Å²) >= 11 is 0. The fourth-order valence-electron chi connectivity index (χ4n) is 3.17. The topological polar surface area (TPSA) is 97.6 Å². The lowest BCUT2D eigenvalue weighted by Gasteiger charge is -2.20. The normalized spacial score (nSPS) is 19.5. The van der Waals surface area contributed by atoms with Crippen LogP contribution in [0.4, 0.5) is 5.69 Å². The molecule has 0 saturated carbocycles. The van der Waals surface area contributed by atoms with Gasteiger partial charge in [-0.15, -0.1) is 0 Å². The summed E-state index contributed by atoms with van der Waals surface area (Å²) in [6, 6.07) is 14.6. The van der Waals surface area contributed by atoms with Crippen LogP contribution in [-0.2, 0) is 9.84 Å². The molecule has 1 unspecified atom stereocenters. The lowest BCUT2D eigenvalue weighted by molar-refractivity contribution is -0.385. The van der Waals surface area contributed by atoms with Gasteiger partial charge in [-0.3, -0.25) is 14.9 Å². The number of carbonyl (C=O) groups is 1. The van der Waals surface area contributed by atoms with Crippen LogP contribution >= 0.6 is 0 Å². The summed E-state index contributed by atoms with van der Waals surface area (Å²) < 4.78 is 25.3. The van der Waals surface area contributed by atoms with E-state index in [-0.39, 0.29) is 36.5 Å². The fraction of sp³-hybridized carbons (Fsp3) is 0.278. The second kappa shape index (κ2) is 7.25. The average molecular weight is 374 g/mol. The predicted octanol–water partition coefficient (Wildman–Crippen LogP) is 2.60. The van der Waals surface area contributed by atoms with E-state index in [9.17, 15) is 23.3 Å². The Kier molecular flexibility index (Phi) is 5.03. The fourth-order valence-corrected chi connectivity index (χ4v) is 4.97. The van der Waals surface area contributed by atoms with Gasteiger partial charge in [0.05, 0.1) is 15.9 Å². The number of amides is 1. The summed E-state index contributed by atoms with van der Waals surface area (Å²) in [6.07, 6.45) is 0.263. The van der Waals surface area contributed by atoms with Crippen LogP contribution in [0.3, 0.4) is 0 Å². The summed E-state index contributed by atoms with van der Waals surface area (Å²) in [6.45, 7) is 0.250. The maximum atomic E-state index is 12.8. The van der Waals surface area contributed by atoms with Gasteiger partial charge in [-0.05, 0) is 18.1 Å². The Balaban J connectivity index is 1.87. The average Bonchev–Trinajstić information content (AvgIpc) is 2.80. The highest BCUT2D eigenvalue weighted by molar-refractivity contribution is 7.91. The zero-order valence-corrected chi connectivity index (χ0v) is 14.8. The Morgan fingerprint density at radius 3 is 2.38 bits per heavy atom. The largest absolute Gasteiger partial charge is 0.337 e. The van der Waals surface area contributed by atoms with E-state index >= 15 is 0 Å². The van der Waals surface area contributed by atoms with Crippen molar-refractivity contribution in [3.05, 3.63) is 75.8 Å². The minimum Gasteiger partial charge on any atom is -0.337 e. The molecule has 2 aromatic carbocycles. The van der Waals surface area contributed by atoms with Crippen molar-refractivity contribution in [1.29, 1.82) is 0 Å². The molecule has 1 aliphatic heterocycles. The third-order valence-electron chi connectivity index (χ3n) is 4.53. The van der Waals surface area contributed by atoms with Crippen LogP contribution < -0.4 is 0 Å². The minimum atomic E-state index is -3.42. The van der Waals surface area contributed by atoms with E-state index in [4.69, 9.17) is 0 Å². The molecule has 0 radical (unpaired) electrons. The number of benzene rings is 2. The van der Waals surface area contributed by atoms with Crippen LogP contribution in [0.25, 0.3) is 0 Å². The van der Waals surface area contributed by atoms with E-state index < -0.39 is 25.9 Å². The van der Waals surface area contributed by atoms with Gasteiger partial charge in [-0.1, -0.05) is 42.5 Å². The van der Waals surface area contributed by atoms with E-state index in [0.29, 0.717) is 5.56 Å². The monoisotopic (exact) mass is 374 g/mol. The zero-order chi connectivity index (χ0) is 18.7. The standard InChI is InChI=1S/C18H18N2O5S/c21-18(15-8-4-5-9-16(15)20(22)23)19-11-10-17(26(24,25)13-12-19)14-6-2-1-3-7-14/h1-9,17H,10-13H2. The third-order valence-corrected chi connectivity index (χ3v) is 6.66. The summed E-state index contributed by atoms with van der Waals surface area (Å²) in [5.74, 6) is -0.680. The molecule has 0 aromatic heterocycles. The van der Waals surface area contributed by atoms with Gasteiger partial charge in [0.1, 0.15) is 5.56 Å². The Hall–Kier alpha value is -2.74. The summed E-state index contributed by atoms with van der Waals surface area (Å²) in [4.78, 5) is 24.7. The van der Waals surface area contributed by atoms with E-state index in [1.165, 1.54) is 23.1 Å². The first-order chi connectivity index (χ1) is 12.4. The van der Waals surface area contributed by atoms with Crippen molar-refractivity contribution in [2.24, 2.45) is 0 Å². The lowest BCUT2D eigenvalue weighted by Crippen LogP contribution is -2.34. The Labute approximate surface area is 151 Å². The maximum absolute atomic E-state index is 12.8. The van der Waals surface area contributed by atoms with Gasteiger partial charge >= 0.3 is 0 Å². The number of carbonyl (C=O) groups excluding carboxylic acids is 1. The molecule has 1 saturated heterocycles. The number of nitro groups is 1. The van der Waals surface area contributed by atoms with Crippen LogP contribution in [0.15, 0.2) is 54.6 Å². The molecule has 0 spiro atoms. The zero-order valence-electron chi connectivity index (χ0n) is 13.9. The molecule has 1 amide bonds. The highest BCUT2D eigenvalue weighted by atomic mass is 32.2. The molecule has 1 heterocycles. The molecule has 3 rings (SSSR count). The van der Waals surface area contributed by atoms with Crippen LogP contribution in [0.2, 0.25) is 0 Å². The maximum Gasteiger partial charge on any atom is 0.282 e. The van der Waals surface area contributed by atoms with Crippen molar-refractivity contribution in [1.82, 2.24) is 4.90 Å². The molecule has 8 heteroatoms. The van der Waals surface area contributed by atoms with Gasteiger partial charge in [0.25, 0.3) is 11.6 Å². The van der Waals surface area contributed by atoms with Gasteiger partial charge < -0.3 is 4.90 Å². The number of hydrogen-bond donors (Lipinski definition) is 0. The van der Waals surface area contributed by atoms with Crippen molar-refractivity contribution < 1.29 is 18.1 Å². The van der Waals surface area contributed by atoms with Crippen molar-refractivity contribution in [2.45, 2.75) is 11.7 Å². The second-order valence-corrected chi connectivity index (χ2v) is 8.42. The van der Waals surface area contributed by atoms with Gasteiger partial charge in [-0.25, -0.2) is 8.42 Å². The second-order valence-electron chi connectivity index (χ2n) is 6.12. The molecular weight excluding hydrogens is 356 g/mol. The lowest BCUT2D eigenvalue weighted by atomic mass is 10.1. The van der Waals surface area contributed by atoms with Gasteiger partial charge in [0.15, 0.2) is 9.84 Å². The van der Waals surface area contributed by atoms with Crippen LogP contribution in [0, 0.1) is 10.1 Å². The number of para-hydroxylation sites is 1. The van der Waals surface area contributed by atoms with Gasteiger partial charge in [0, 0.05) is 19.2 Å². The number of rotatable bonds is 3. The predicted molar refractivity (Wildman–Crippen MR) is 96.6 cm³/mol. The summed E-state index contributed by atoms with van der Waals surface area (Å²) in [7, 11) is -3.42. The number of nitro benzene ring substituents is 1. The summed E-state index contributed by atoms with van der Waals surface area (Å²) in [5.41, 5.74) is 0.407. The Bertz CT molecular complexity index is 928. The Morgan fingerprint density at radius 1 is 1.04 bits per heavy atom. The molecule has 1 fully saturated rings.